The van der Waals surface area contributed by atoms with E-state index < -0.39 is 0 Å². The minimum Gasteiger partial charge on any atom is -0.668 e. The van der Waals surface area contributed by atoms with Crippen LogP contribution in [0.15, 0.2) is 0 Å². The van der Waals surface area contributed by atoms with E-state index in [0.717, 1.165) is 18.4 Å². The summed E-state index contributed by atoms with van der Waals surface area (Å²) in [6.07, 6.45) is 5.69. The van der Waals surface area contributed by atoms with E-state index in [-0.39, 0.29) is 29.1 Å². The van der Waals surface area contributed by atoms with Crippen LogP contribution in [0.5, 0.6) is 0 Å². The monoisotopic (exact) mass is 291 g/mol. The van der Waals surface area contributed by atoms with E-state index in [1.54, 1.807) is 28.2 Å². The number of rotatable bonds is 3. The van der Waals surface area contributed by atoms with Crippen molar-refractivity contribution in [2.75, 3.05) is 41.8 Å². The van der Waals surface area contributed by atoms with Gasteiger partial charge in [0.2, 0.25) is 0 Å². The summed E-state index contributed by atoms with van der Waals surface area (Å²) in [5.74, 6) is 1.96. The van der Waals surface area contributed by atoms with Crippen molar-refractivity contribution in [2.45, 2.75) is 32.6 Å². The standard InChI is InChI=1S/C9H18N.2C2H6N.CH3.Ti/c1-8-4-3-5-9(8)6-7-10-2;2*1-3-2;;/h8-9H,3-7H2,1-2H3;2*1-2H3;1H3;/q4*-1;+4/t8-,9?;;;;/m0..../s1. The van der Waals surface area contributed by atoms with Gasteiger partial charge in [0.25, 0.3) is 0 Å². The third-order valence-corrected chi connectivity index (χ3v) is 2.76. The molecule has 0 aromatic rings. The fourth-order valence-corrected chi connectivity index (χ4v) is 1.95. The maximum Gasteiger partial charge on any atom is 4.00 e. The van der Waals surface area contributed by atoms with Gasteiger partial charge in [-0.25, -0.2) is 0 Å². The molecule has 0 saturated heterocycles. The van der Waals surface area contributed by atoms with Crippen LogP contribution < -0.4 is 0 Å². The van der Waals surface area contributed by atoms with E-state index in [1.807, 2.05) is 7.05 Å². The van der Waals surface area contributed by atoms with E-state index in [1.165, 1.54) is 25.7 Å². The Labute approximate surface area is 131 Å². The van der Waals surface area contributed by atoms with E-state index in [9.17, 15) is 0 Å². The molecule has 1 saturated carbocycles. The Morgan fingerprint density at radius 3 is 1.67 bits per heavy atom. The minimum atomic E-state index is 0. The molecule has 108 valence electrons. The second-order valence-electron chi connectivity index (χ2n) is 4.39. The molecule has 3 nitrogen and oxygen atoms in total. The molecule has 0 bridgehead atoms. The van der Waals surface area contributed by atoms with Crippen molar-refractivity contribution in [1.29, 1.82) is 0 Å². The van der Waals surface area contributed by atoms with Gasteiger partial charge in [-0.3, -0.25) is 0 Å². The van der Waals surface area contributed by atoms with Gasteiger partial charge in [-0.15, -0.1) is 6.54 Å². The summed E-state index contributed by atoms with van der Waals surface area (Å²) >= 11 is 0. The van der Waals surface area contributed by atoms with E-state index in [2.05, 4.69) is 22.9 Å². The maximum absolute atomic E-state index is 4.13. The second kappa shape index (κ2) is 22.7. The maximum atomic E-state index is 4.13. The molecule has 1 aliphatic rings. The Morgan fingerprint density at radius 1 is 0.944 bits per heavy atom. The molecule has 0 amide bonds. The smallest absolute Gasteiger partial charge is 0.668 e. The molecule has 0 spiro atoms. The Morgan fingerprint density at radius 2 is 1.39 bits per heavy atom. The van der Waals surface area contributed by atoms with Gasteiger partial charge in [-0.1, -0.05) is 32.6 Å². The molecule has 0 aromatic heterocycles. The molecule has 0 aliphatic heterocycles. The van der Waals surface area contributed by atoms with Crippen LogP contribution in [0.2, 0.25) is 0 Å². The fourth-order valence-electron chi connectivity index (χ4n) is 1.95. The van der Waals surface area contributed by atoms with Crippen molar-refractivity contribution in [3.05, 3.63) is 23.4 Å². The van der Waals surface area contributed by atoms with Crippen LogP contribution in [0, 0.1) is 19.3 Å². The van der Waals surface area contributed by atoms with Gasteiger partial charge in [0.15, 0.2) is 0 Å². The van der Waals surface area contributed by atoms with Crippen LogP contribution in [0.25, 0.3) is 16.0 Å². The predicted octanol–water partition coefficient (Wildman–Crippen LogP) is 4.50. The molecular weight excluding hydrogens is 258 g/mol. The van der Waals surface area contributed by atoms with Crippen LogP contribution in [0.3, 0.4) is 0 Å². The van der Waals surface area contributed by atoms with Gasteiger partial charge < -0.3 is 23.4 Å². The van der Waals surface area contributed by atoms with Crippen molar-refractivity contribution >= 4 is 0 Å². The van der Waals surface area contributed by atoms with Crippen LogP contribution in [0.4, 0.5) is 0 Å². The first-order valence-corrected chi connectivity index (χ1v) is 6.19. The van der Waals surface area contributed by atoms with Crippen molar-refractivity contribution in [2.24, 2.45) is 11.8 Å². The molecule has 2 atom stereocenters. The summed E-state index contributed by atoms with van der Waals surface area (Å²) in [5.41, 5.74) is 0. The van der Waals surface area contributed by atoms with Gasteiger partial charge in [-0.2, -0.15) is 35.2 Å². The largest absolute Gasteiger partial charge is 4.00 e. The van der Waals surface area contributed by atoms with Crippen molar-refractivity contribution < 1.29 is 21.7 Å². The summed E-state index contributed by atoms with van der Waals surface area (Å²) in [6.45, 7) is 3.46. The molecule has 0 aromatic carbocycles. The van der Waals surface area contributed by atoms with Gasteiger partial charge in [0.05, 0.1) is 0 Å². The Balaban J connectivity index is -0.000000106. The minimum absolute atomic E-state index is 0. The molecule has 0 radical (unpaired) electrons. The summed E-state index contributed by atoms with van der Waals surface area (Å²) in [6, 6.07) is 0. The first-order valence-electron chi connectivity index (χ1n) is 6.19. The second-order valence-corrected chi connectivity index (χ2v) is 4.39. The van der Waals surface area contributed by atoms with Crippen LogP contribution >= 0.6 is 0 Å². The van der Waals surface area contributed by atoms with Crippen LogP contribution in [-0.4, -0.2) is 41.8 Å². The molecule has 0 heterocycles. The van der Waals surface area contributed by atoms with E-state index in [4.69, 9.17) is 0 Å². The summed E-state index contributed by atoms with van der Waals surface area (Å²) < 4.78 is 0. The molecule has 1 rings (SSSR count). The molecule has 1 unspecified atom stereocenters. The Hall–Kier alpha value is 0.594. The zero-order chi connectivity index (χ0) is 12.8. The van der Waals surface area contributed by atoms with Gasteiger partial charge in [-0.05, 0) is 11.8 Å². The normalized spacial score (nSPS) is 20.3. The van der Waals surface area contributed by atoms with Gasteiger partial charge in [0, 0.05) is 0 Å². The summed E-state index contributed by atoms with van der Waals surface area (Å²) in [4.78, 5) is 0. The molecule has 1 aliphatic carbocycles. The molecule has 0 N–H and O–H groups in total. The van der Waals surface area contributed by atoms with Gasteiger partial charge >= 0.3 is 21.7 Å². The van der Waals surface area contributed by atoms with Crippen molar-refractivity contribution in [1.82, 2.24) is 0 Å². The summed E-state index contributed by atoms with van der Waals surface area (Å²) in [5, 5.41) is 11.1. The average Bonchev–Trinajstić information content (AvgIpc) is 2.63. The number of hydrogen-bond donors (Lipinski definition) is 0. The molecule has 4 heteroatoms. The molecular formula is C14H33N3Ti. The first-order chi connectivity index (χ1) is 7.67. The quantitative estimate of drug-likeness (QED) is 0.542. The first kappa shape index (κ1) is 27.0. The average molecular weight is 291 g/mol. The van der Waals surface area contributed by atoms with Crippen molar-refractivity contribution in [3.8, 4) is 0 Å². The molecule has 1 fully saturated rings. The van der Waals surface area contributed by atoms with E-state index >= 15 is 0 Å². The van der Waals surface area contributed by atoms with Crippen molar-refractivity contribution in [3.63, 3.8) is 0 Å². The topological polar surface area (TPSA) is 42.3 Å². The summed E-state index contributed by atoms with van der Waals surface area (Å²) in [7, 11) is 8.92. The number of hydrogen-bond acceptors (Lipinski definition) is 0. The number of nitrogens with zero attached hydrogens (tertiary/aromatic N) is 3. The van der Waals surface area contributed by atoms with Crippen LogP contribution in [-0.2, 0) is 21.7 Å². The van der Waals surface area contributed by atoms with E-state index in [0.29, 0.717) is 0 Å². The Kier molecular flexibility index (Phi) is 34.2. The third-order valence-electron chi connectivity index (χ3n) is 2.76. The van der Waals surface area contributed by atoms with Crippen LogP contribution in [0.1, 0.15) is 32.6 Å². The molecule has 18 heavy (non-hydrogen) atoms. The fraction of sp³-hybridized carbons (Fsp3) is 0.929. The third kappa shape index (κ3) is 18.9. The zero-order valence-corrected chi connectivity index (χ0v) is 15.1. The Bertz CT molecular complexity index is 122. The predicted molar refractivity (Wildman–Crippen MR) is 82.1 cm³/mol. The zero-order valence-electron chi connectivity index (χ0n) is 13.5. The SMILES string of the molecule is C[N-]C.C[N-]C.C[N-]CCC1CCC[C@@H]1C.[CH3-].[Ti+4]. The van der Waals surface area contributed by atoms with Gasteiger partial charge in [0.1, 0.15) is 0 Å².